The van der Waals surface area contributed by atoms with Crippen LogP contribution in [0.4, 0.5) is 0 Å². The van der Waals surface area contributed by atoms with Gasteiger partial charge in [-0.25, -0.2) is 4.79 Å². The molecule has 234 valence electrons. The number of hydrogen-bond acceptors (Lipinski definition) is 6. The minimum atomic E-state index is -1.33. The van der Waals surface area contributed by atoms with Crippen LogP contribution < -0.4 is 5.32 Å². The highest BCUT2D eigenvalue weighted by Crippen LogP contribution is 2.46. The first-order valence-corrected chi connectivity index (χ1v) is 16.0. The van der Waals surface area contributed by atoms with Gasteiger partial charge in [-0.1, -0.05) is 55.3 Å². The van der Waals surface area contributed by atoms with Crippen LogP contribution in [0.25, 0.3) is 0 Å². The van der Waals surface area contributed by atoms with Crippen molar-refractivity contribution in [3.05, 3.63) is 48.0 Å². The first-order chi connectivity index (χ1) is 20.5. The molecule has 2 amide bonds. The quantitative estimate of drug-likeness (QED) is 0.381. The Labute approximate surface area is 255 Å². The van der Waals surface area contributed by atoms with E-state index in [4.69, 9.17) is 4.74 Å². The van der Waals surface area contributed by atoms with Crippen LogP contribution in [0.3, 0.4) is 0 Å². The molecule has 0 unspecified atom stereocenters. The zero-order valence-corrected chi connectivity index (χ0v) is 25.8. The van der Waals surface area contributed by atoms with Gasteiger partial charge in [-0.05, 0) is 64.4 Å². The molecule has 2 N–H and O–H groups in total. The molecule has 43 heavy (non-hydrogen) atoms. The van der Waals surface area contributed by atoms with E-state index in [1.54, 1.807) is 4.90 Å². The molecule has 6 atom stereocenters. The Hall–Kier alpha value is -3.20. The number of nitrogens with one attached hydrogen (secondary N) is 1. The van der Waals surface area contributed by atoms with Gasteiger partial charge in [0.1, 0.15) is 17.2 Å². The lowest BCUT2D eigenvalue weighted by Gasteiger charge is -2.32. The van der Waals surface area contributed by atoms with E-state index in [1.165, 1.54) is 5.56 Å². The predicted octanol–water partition coefficient (Wildman–Crippen LogP) is 3.82. The zero-order chi connectivity index (χ0) is 30.8. The number of carboxylic acid groups (broad SMARTS) is 1. The second-order valence-electron chi connectivity index (χ2n) is 14.0. The third-order valence-electron chi connectivity index (χ3n) is 9.57. The third kappa shape index (κ3) is 7.31. The van der Waals surface area contributed by atoms with Gasteiger partial charge in [-0.15, -0.1) is 0 Å². The first-order valence-electron chi connectivity index (χ1n) is 16.0. The van der Waals surface area contributed by atoms with Crippen molar-refractivity contribution >= 4 is 23.8 Å². The number of fused-ring (bicyclic) bond motifs is 4. The molecule has 3 heterocycles. The molecule has 1 aromatic rings. The van der Waals surface area contributed by atoms with Crippen molar-refractivity contribution in [2.45, 2.75) is 89.3 Å². The Balaban J connectivity index is 1.38. The number of amides is 2. The molecule has 3 aliphatic heterocycles. The summed E-state index contributed by atoms with van der Waals surface area (Å²) in [5, 5.41) is 13.1. The van der Waals surface area contributed by atoms with Crippen LogP contribution in [0.5, 0.6) is 0 Å². The maximum atomic E-state index is 14.2. The lowest BCUT2D eigenvalue weighted by Crippen LogP contribution is -2.56. The maximum absolute atomic E-state index is 14.2. The zero-order valence-electron chi connectivity index (χ0n) is 25.8. The van der Waals surface area contributed by atoms with Crippen molar-refractivity contribution < 1.29 is 29.0 Å². The van der Waals surface area contributed by atoms with Crippen LogP contribution in [0.15, 0.2) is 42.5 Å². The molecule has 0 spiro atoms. The fraction of sp³-hybridized carbons (Fsp3) is 0.647. The maximum Gasteiger partial charge on any atom is 0.330 e. The summed E-state index contributed by atoms with van der Waals surface area (Å²) in [5.74, 6) is -2.87. The lowest BCUT2D eigenvalue weighted by atomic mass is 9.92. The van der Waals surface area contributed by atoms with Gasteiger partial charge >= 0.3 is 11.9 Å². The Morgan fingerprint density at radius 1 is 1.07 bits per heavy atom. The molecule has 1 saturated carbocycles. The van der Waals surface area contributed by atoms with Gasteiger partial charge in [0.15, 0.2) is 0 Å². The van der Waals surface area contributed by atoms with E-state index in [9.17, 15) is 24.3 Å². The average molecular weight is 594 g/mol. The molecular weight excluding hydrogens is 546 g/mol. The largest absolute Gasteiger partial charge is 0.479 e. The van der Waals surface area contributed by atoms with E-state index in [1.807, 2.05) is 51.1 Å². The topological polar surface area (TPSA) is 116 Å². The number of nitrogens with zero attached hydrogens (tertiary/aromatic N) is 2. The van der Waals surface area contributed by atoms with Crippen molar-refractivity contribution in [2.24, 2.45) is 23.7 Å². The normalized spacial score (nSPS) is 32.4. The number of esters is 1. The molecule has 3 fully saturated rings. The van der Waals surface area contributed by atoms with Gasteiger partial charge in [0.05, 0.1) is 6.42 Å². The fourth-order valence-electron chi connectivity index (χ4n) is 7.29. The molecule has 1 aromatic carbocycles. The third-order valence-corrected chi connectivity index (χ3v) is 9.57. The number of carboxylic acids is 1. The summed E-state index contributed by atoms with van der Waals surface area (Å²) in [4.78, 5) is 57.6. The van der Waals surface area contributed by atoms with Crippen molar-refractivity contribution in [3.8, 4) is 0 Å². The summed E-state index contributed by atoms with van der Waals surface area (Å²) >= 11 is 0. The highest BCUT2D eigenvalue weighted by Gasteiger charge is 2.62. The molecule has 0 radical (unpaired) electrons. The molecule has 2 saturated heterocycles. The number of allylic oxidation sites excluding steroid dienone is 1. The summed E-state index contributed by atoms with van der Waals surface area (Å²) in [7, 11) is 0. The van der Waals surface area contributed by atoms with Gasteiger partial charge in [-0.2, -0.15) is 0 Å². The van der Waals surface area contributed by atoms with E-state index in [2.05, 4.69) is 22.3 Å². The van der Waals surface area contributed by atoms with Crippen LogP contribution in [-0.2, 0) is 30.3 Å². The number of carbonyl (C=O) groups excluding carboxylic acids is 3. The Morgan fingerprint density at radius 2 is 1.84 bits per heavy atom. The highest BCUT2D eigenvalue weighted by molar-refractivity contribution is 5.95. The Kier molecular flexibility index (Phi) is 9.30. The number of likely N-dealkylation sites (tertiary alicyclic amines) is 1. The van der Waals surface area contributed by atoms with Gasteiger partial charge in [0.25, 0.3) is 0 Å². The van der Waals surface area contributed by atoms with Crippen LogP contribution in [0.2, 0.25) is 0 Å². The smallest absolute Gasteiger partial charge is 0.330 e. The fourth-order valence-corrected chi connectivity index (χ4v) is 7.29. The minimum absolute atomic E-state index is 0.0273. The van der Waals surface area contributed by atoms with E-state index >= 15 is 0 Å². The second kappa shape index (κ2) is 12.8. The lowest BCUT2D eigenvalue weighted by molar-refractivity contribution is -0.159. The van der Waals surface area contributed by atoms with Crippen molar-refractivity contribution in [1.29, 1.82) is 0 Å². The summed E-state index contributed by atoms with van der Waals surface area (Å²) in [6, 6.07) is 9.52. The van der Waals surface area contributed by atoms with E-state index in [-0.39, 0.29) is 30.1 Å². The van der Waals surface area contributed by atoms with Gasteiger partial charge in [-0.3, -0.25) is 14.4 Å². The number of hydrogen-bond donors (Lipinski definition) is 2. The monoisotopic (exact) mass is 593 g/mol. The van der Waals surface area contributed by atoms with Crippen molar-refractivity contribution in [2.75, 3.05) is 26.2 Å². The average Bonchev–Trinajstić information content (AvgIpc) is 3.31. The number of ether oxygens (including phenoxy) is 1. The number of aliphatic carboxylic acids is 1. The summed E-state index contributed by atoms with van der Waals surface area (Å²) in [6.07, 6.45) is 9.13. The van der Waals surface area contributed by atoms with E-state index in [0.717, 1.165) is 45.2 Å². The molecule has 1 aliphatic carbocycles. The summed E-state index contributed by atoms with van der Waals surface area (Å²) in [5.41, 5.74) is -0.736. The van der Waals surface area contributed by atoms with Gasteiger partial charge in [0, 0.05) is 43.9 Å². The Bertz CT molecular complexity index is 1230. The molecule has 4 aliphatic rings. The van der Waals surface area contributed by atoms with Crippen LogP contribution in [-0.4, -0.2) is 82.0 Å². The summed E-state index contributed by atoms with van der Waals surface area (Å²) in [6.45, 7) is 8.16. The number of rotatable bonds is 6. The summed E-state index contributed by atoms with van der Waals surface area (Å²) < 4.78 is 5.59. The SMILES string of the molecule is CC(C)(C)OC(=O)C[C@@H]1CCCCC/C=C\[C@@H]2C[C@@]2(C(=O)O)NC(=O)[C@@H]2[C@H]3CN(CCc4ccccc4)C[C@H]3CN2C1=O. The molecular formula is C34H47N3O6. The standard InChI is InChI=1S/C34H47N3O6/c1-33(2,3)43-28(38)18-24-14-10-5-4-6-11-15-26-19-34(26,32(41)42)35-30(39)29-27-22-36(17-16-23-12-8-7-9-13-23)20-25(27)21-37(29)31(24)40/h7-9,11-13,15,24-27,29H,4-6,10,14,16-22H2,1-3H3,(H,35,39)(H,41,42)/b15-11-/t24-,25-,26+,27-,29-,34+/m0/s1. The molecule has 9 nitrogen and oxygen atoms in total. The molecule has 0 bridgehead atoms. The number of benzene rings is 1. The predicted molar refractivity (Wildman–Crippen MR) is 162 cm³/mol. The first kappa shape index (κ1) is 31.2. The van der Waals surface area contributed by atoms with Gasteiger partial charge in [0.2, 0.25) is 11.8 Å². The highest BCUT2D eigenvalue weighted by atomic mass is 16.6. The number of carbonyl (C=O) groups is 4. The van der Waals surface area contributed by atoms with Crippen molar-refractivity contribution in [1.82, 2.24) is 15.1 Å². The van der Waals surface area contributed by atoms with E-state index in [0.29, 0.717) is 25.9 Å². The molecule has 5 rings (SSSR count). The second-order valence-corrected chi connectivity index (χ2v) is 14.0. The van der Waals surface area contributed by atoms with Gasteiger partial charge < -0.3 is 25.0 Å². The van der Waals surface area contributed by atoms with Crippen molar-refractivity contribution in [3.63, 3.8) is 0 Å². The Morgan fingerprint density at radius 3 is 2.56 bits per heavy atom. The van der Waals surface area contributed by atoms with E-state index < -0.39 is 40.9 Å². The van der Waals surface area contributed by atoms with Crippen LogP contribution in [0.1, 0.15) is 71.3 Å². The minimum Gasteiger partial charge on any atom is -0.479 e. The molecule has 9 heteroatoms. The van der Waals surface area contributed by atoms with Crippen LogP contribution in [0, 0.1) is 23.7 Å². The van der Waals surface area contributed by atoms with Crippen LogP contribution >= 0.6 is 0 Å². The molecule has 0 aromatic heterocycles.